The first-order valence-corrected chi connectivity index (χ1v) is 7.87. The molecule has 3 rings (SSSR count). The highest BCUT2D eigenvalue weighted by molar-refractivity contribution is 6.00. The number of hydrogen-bond acceptors (Lipinski definition) is 3. The number of hydrogen-bond donors (Lipinski definition) is 1. The van der Waals surface area contributed by atoms with E-state index < -0.39 is 5.54 Å². The van der Waals surface area contributed by atoms with Gasteiger partial charge in [-0.15, -0.1) is 0 Å². The molecule has 0 aromatic carbocycles. The minimum absolute atomic E-state index is 0.0698. The van der Waals surface area contributed by atoms with Crippen molar-refractivity contribution in [2.45, 2.75) is 57.0 Å². The summed E-state index contributed by atoms with van der Waals surface area (Å²) in [6.07, 6.45) is 5.37. The quantitative estimate of drug-likeness (QED) is 0.841. The van der Waals surface area contributed by atoms with E-state index in [1.807, 2.05) is 11.8 Å². The summed E-state index contributed by atoms with van der Waals surface area (Å²) < 4.78 is 5.43. The standard InChI is InChI=1S/C15H24N2O3/c1-2-12-13(18)17(9-11-5-8-20-10-11)15(14(19)16-12)6-3-4-7-15/h11-12H,2-10H2,1H3,(H,16,19). The molecule has 2 aliphatic heterocycles. The smallest absolute Gasteiger partial charge is 0.246 e. The zero-order chi connectivity index (χ0) is 14.2. The number of rotatable bonds is 3. The zero-order valence-corrected chi connectivity index (χ0v) is 12.2. The van der Waals surface area contributed by atoms with Crippen molar-refractivity contribution in [1.82, 2.24) is 10.2 Å². The molecule has 5 heteroatoms. The summed E-state index contributed by atoms with van der Waals surface area (Å²) in [5, 5.41) is 2.94. The van der Waals surface area contributed by atoms with Gasteiger partial charge in [-0.1, -0.05) is 19.8 Å². The lowest BCUT2D eigenvalue weighted by molar-refractivity contribution is -0.158. The van der Waals surface area contributed by atoms with Gasteiger partial charge in [-0.2, -0.15) is 0 Å². The summed E-state index contributed by atoms with van der Waals surface area (Å²) in [6.45, 7) is 4.14. The number of ether oxygens (including phenoxy) is 1. The molecule has 0 bridgehead atoms. The second kappa shape index (κ2) is 5.35. The Morgan fingerprint density at radius 2 is 2.10 bits per heavy atom. The van der Waals surface area contributed by atoms with Crippen LogP contribution in [0.15, 0.2) is 0 Å². The average molecular weight is 280 g/mol. The highest BCUT2D eigenvalue weighted by Gasteiger charge is 2.53. The first kappa shape index (κ1) is 13.9. The first-order chi connectivity index (χ1) is 9.67. The Morgan fingerprint density at radius 1 is 1.35 bits per heavy atom. The molecule has 0 aromatic heterocycles. The van der Waals surface area contributed by atoms with Gasteiger partial charge < -0.3 is 15.0 Å². The van der Waals surface area contributed by atoms with Gasteiger partial charge in [-0.25, -0.2) is 0 Å². The SMILES string of the molecule is CCC1NC(=O)C2(CCCC2)N(CC2CCOC2)C1=O. The molecule has 112 valence electrons. The van der Waals surface area contributed by atoms with Gasteiger partial charge in [0.15, 0.2) is 0 Å². The molecule has 1 N–H and O–H groups in total. The zero-order valence-electron chi connectivity index (χ0n) is 12.2. The first-order valence-electron chi connectivity index (χ1n) is 7.87. The van der Waals surface area contributed by atoms with E-state index in [-0.39, 0.29) is 17.9 Å². The maximum absolute atomic E-state index is 12.7. The lowest BCUT2D eigenvalue weighted by atomic mass is 9.87. The summed E-state index contributed by atoms with van der Waals surface area (Å²) in [5.74, 6) is 0.570. The largest absolute Gasteiger partial charge is 0.381 e. The van der Waals surface area contributed by atoms with Crippen LogP contribution in [0.2, 0.25) is 0 Å². The predicted octanol–water partition coefficient (Wildman–Crippen LogP) is 1.07. The molecule has 3 fully saturated rings. The number of nitrogens with zero attached hydrogens (tertiary/aromatic N) is 1. The third kappa shape index (κ3) is 2.12. The summed E-state index contributed by atoms with van der Waals surface area (Å²) in [4.78, 5) is 27.2. The van der Waals surface area contributed by atoms with Crippen LogP contribution in [0.1, 0.15) is 45.4 Å². The highest BCUT2D eigenvalue weighted by atomic mass is 16.5. The van der Waals surface area contributed by atoms with E-state index in [1.54, 1.807) is 0 Å². The fraction of sp³-hybridized carbons (Fsp3) is 0.867. The summed E-state index contributed by atoms with van der Waals surface area (Å²) >= 11 is 0. The highest BCUT2D eigenvalue weighted by Crippen LogP contribution is 2.39. The summed E-state index contributed by atoms with van der Waals surface area (Å²) in [7, 11) is 0. The number of carbonyl (C=O) groups is 2. The van der Waals surface area contributed by atoms with E-state index in [0.29, 0.717) is 18.9 Å². The van der Waals surface area contributed by atoms with Crippen molar-refractivity contribution in [2.24, 2.45) is 5.92 Å². The van der Waals surface area contributed by atoms with E-state index in [4.69, 9.17) is 4.74 Å². The van der Waals surface area contributed by atoms with E-state index in [1.165, 1.54) is 0 Å². The van der Waals surface area contributed by atoms with Crippen LogP contribution in [0.5, 0.6) is 0 Å². The normalized spacial score (nSPS) is 33.0. The molecule has 2 saturated heterocycles. The lowest BCUT2D eigenvalue weighted by Crippen LogP contribution is -2.70. The van der Waals surface area contributed by atoms with Crippen molar-refractivity contribution < 1.29 is 14.3 Å². The number of carbonyl (C=O) groups excluding carboxylic acids is 2. The van der Waals surface area contributed by atoms with Gasteiger partial charge >= 0.3 is 0 Å². The second-order valence-electron chi connectivity index (χ2n) is 6.35. The molecule has 0 aromatic rings. The lowest BCUT2D eigenvalue weighted by Gasteiger charge is -2.47. The molecule has 20 heavy (non-hydrogen) atoms. The minimum Gasteiger partial charge on any atom is -0.381 e. The third-order valence-electron chi connectivity index (χ3n) is 5.11. The monoisotopic (exact) mass is 280 g/mol. The van der Waals surface area contributed by atoms with Crippen LogP contribution in [0, 0.1) is 5.92 Å². The molecular formula is C15H24N2O3. The maximum Gasteiger partial charge on any atom is 0.246 e. The fourth-order valence-corrected chi connectivity index (χ4v) is 3.86. The Labute approximate surface area is 120 Å². The Hall–Kier alpha value is -1.10. The van der Waals surface area contributed by atoms with Crippen molar-refractivity contribution in [3.05, 3.63) is 0 Å². The number of nitrogens with one attached hydrogen (secondary N) is 1. The topological polar surface area (TPSA) is 58.6 Å². The van der Waals surface area contributed by atoms with E-state index in [9.17, 15) is 9.59 Å². The van der Waals surface area contributed by atoms with Crippen LogP contribution in [0.25, 0.3) is 0 Å². The van der Waals surface area contributed by atoms with Crippen LogP contribution < -0.4 is 5.32 Å². The predicted molar refractivity (Wildman–Crippen MR) is 74.1 cm³/mol. The molecule has 2 unspecified atom stereocenters. The van der Waals surface area contributed by atoms with Gasteiger partial charge in [0.2, 0.25) is 11.8 Å². The van der Waals surface area contributed by atoms with Gasteiger partial charge in [-0.3, -0.25) is 9.59 Å². The van der Waals surface area contributed by atoms with Crippen molar-refractivity contribution in [1.29, 1.82) is 0 Å². The molecular weight excluding hydrogens is 256 g/mol. The molecule has 1 spiro atoms. The van der Waals surface area contributed by atoms with E-state index >= 15 is 0 Å². The molecule has 1 saturated carbocycles. The van der Waals surface area contributed by atoms with Crippen molar-refractivity contribution >= 4 is 11.8 Å². The van der Waals surface area contributed by atoms with Crippen LogP contribution in [0.4, 0.5) is 0 Å². The molecule has 2 atom stereocenters. The van der Waals surface area contributed by atoms with Crippen LogP contribution in [-0.2, 0) is 14.3 Å². The third-order valence-corrected chi connectivity index (χ3v) is 5.11. The van der Waals surface area contributed by atoms with Gasteiger partial charge in [0, 0.05) is 19.1 Å². The Morgan fingerprint density at radius 3 is 2.70 bits per heavy atom. The Bertz CT molecular complexity index is 398. The summed E-state index contributed by atoms with van der Waals surface area (Å²) in [6, 6.07) is -0.337. The number of piperazine rings is 1. The molecule has 0 radical (unpaired) electrons. The van der Waals surface area contributed by atoms with Crippen LogP contribution in [0.3, 0.4) is 0 Å². The van der Waals surface area contributed by atoms with Gasteiger partial charge in [0.25, 0.3) is 0 Å². The maximum atomic E-state index is 12.7. The Balaban J connectivity index is 1.85. The summed E-state index contributed by atoms with van der Waals surface area (Å²) in [5.41, 5.74) is -0.564. The second-order valence-corrected chi connectivity index (χ2v) is 6.35. The molecule has 1 aliphatic carbocycles. The van der Waals surface area contributed by atoms with E-state index in [0.717, 1.165) is 45.3 Å². The minimum atomic E-state index is -0.564. The van der Waals surface area contributed by atoms with Gasteiger partial charge in [-0.05, 0) is 25.7 Å². The molecule has 3 aliphatic rings. The molecule has 2 heterocycles. The van der Waals surface area contributed by atoms with Gasteiger partial charge in [0.1, 0.15) is 11.6 Å². The fourth-order valence-electron chi connectivity index (χ4n) is 3.86. The van der Waals surface area contributed by atoms with Crippen molar-refractivity contribution in [2.75, 3.05) is 19.8 Å². The van der Waals surface area contributed by atoms with Crippen LogP contribution in [-0.4, -0.2) is 48.1 Å². The average Bonchev–Trinajstić information content (AvgIpc) is 3.11. The van der Waals surface area contributed by atoms with Crippen molar-refractivity contribution in [3.8, 4) is 0 Å². The van der Waals surface area contributed by atoms with Crippen LogP contribution >= 0.6 is 0 Å². The van der Waals surface area contributed by atoms with Gasteiger partial charge in [0.05, 0.1) is 6.61 Å². The molecule has 2 amide bonds. The Kier molecular flexibility index (Phi) is 3.71. The van der Waals surface area contributed by atoms with E-state index in [2.05, 4.69) is 5.32 Å². The van der Waals surface area contributed by atoms with Crippen molar-refractivity contribution in [3.63, 3.8) is 0 Å². The number of amides is 2. The molecule has 5 nitrogen and oxygen atoms in total.